The summed E-state index contributed by atoms with van der Waals surface area (Å²) in [6, 6.07) is 8.30. The van der Waals surface area contributed by atoms with Gasteiger partial charge in [-0.25, -0.2) is 4.39 Å². The summed E-state index contributed by atoms with van der Waals surface area (Å²) in [5.74, 6) is -0.245. The fraction of sp³-hybridized carbons (Fsp3) is 0.267. The van der Waals surface area contributed by atoms with Crippen LogP contribution in [0, 0.1) is 19.7 Å². The molecule has 0 aliphatic carbocycles. The van der Waals surface area contributed by atoms with Crippen molar-refractivity contribution in [1.82, 2.24) is 4.98 Å². The van der Waals surface area contributed by atoms with Gasteiger partial charge in [0.25, 0.3) is 0 Å². The van der Waals surface area contributed by atoms with Crippen LogP contribution in [0.3, 0.4) is 0 Å². The fourth-order valence-corrected chi connectivity index (χ4v) is 1.99. The van der Waals surface area contributed by atoms with E-state index in [1.807, 2.05) is 19.9 Å². The molecule has 0 bridgehead atoms. The van der Waals surface area contributed by atoms with E-state index in [1.54, 1.807) is 18.3 Å². The van der Waals surface area contributed by atoms with Crippen molar-refractivity contribution in [2.24, 2.45) is 0 Å². The lowest BCUT2D eigenvalue weighted by Gasteiger charge is -2.13. The second-order valence-electron chi connectivity index (χ2n) is 4.52. The lowest BCUT2D eigenvalue weighted by Crippen LogP contribution is -2.04. The molecule has 2 nitrogen and oxygen atoms in total. The molecule has 0 aliphatic rings. The molecule has 1 N–H and O–H groups in total. The maximum absolute atomic E-state index is 13.0. The molecule has 3 heteroatoms. The van der Waals surface area contributed by atoms with Crippen LogP contribution in [0.1, 0.15) is 28.5 Å². The molecule has 0 saturated heterocycles. The predicted octanol–water partition coefficient (Wildman–Crippen LogP) is 3.11. The maximum Gasteiger partial charge on any atom is 0.123 e. The zero-order valence-corrected chi connectivity index (χ0v) is 10.5. The molecule has 0 fully saturated rings. The Hall–Kier alpha value is -1.74. The van der Waals surface area contributed by atoms with Crippen molar-refractivity contribution < 1.29 is 9.50 Å². The van der Waals surface area contributed by atoms with Gasteiger partial charge >= 0.3 is 0 Å². The van der Waals surface area contributed by atoms with Crippen molar-refractivity contribution in [3.05, 3.63) is 64.7 Å². The fourth-order valence-electron chi connectivity index (χ4n) is 1.99. The van der Waals surface area contributed by atoms with Gasteiger partial charge in [-0.1, -0.05) is 6.07 Å². The number of aliphatic hydroxyl groups excluding tert-OH is 1. The minimum absolute atomic E-state index is 0.245. The van der Waals surface area contributed by atoms with Crippen molar-refractivity contribution in [1.29, 1.82) is 0 Å². The lowest BCUT2D eigenvalue weighted by atomic mass is 9.98. The lowest BCUT2D eigenvalue weighted by molar-refractivity contribution is 0.178. The van der Waals surface area contributed by atoms with Crippen molar-refractivity contribution >= 4 is 0 Å². The molecule has 18 heavy (non-hydrogen) atoms. The second kappa shape index (κ2) is 5.27. The Morgan fingerprint density at radius 2 is 2.00 bits per heavy atom. The highest BCUT2D eigenvalue weighted by molar-refractivity contribution is 5.29. The summed E-state index contributed by atoms with van der Waals surface area (Å²) in [7, 11) is 0. The average Bonchev–Trinajstić information content (AvgIpc) is 2.32. The number of benzene rings is 1. The molecule has 94 valence electrons. The SMILES string of the molecule is Cc1cc(C(O)Cc2ccc(F)cc2C)ccn1. The number of nitrogens with zero attached hydrogens (tertiary/aromatic N) is 1. The summed E-state index contributed by atoms with van der Waals surface area (Å²) in [4.78, 5) is 4.10. The molecule has 1 atom stereocenters. The zero-order chi connectivity index (χ0) is 13.1. The Kier molecular flexibility index (Phi) is 3.72. The molecule has 0 spiro atoms. The predicted molar refractivity (Wildman–Crippen MR) is 68.8 cm³/mol. The van der Waals surface area contributed by atoms with Crippen LogP contribution in [-0.4, -0.2) is 10.1 Å². The van der Waals surface area contributed by atoms with Crippen LogP contribution in [0.4, 0.5) is 4.39 Å². The summed E-state index contributed by atoms with van der Waals surface area (Å²) in [5, 5.41) is 10.2. The quantitative estimate of drug-likeness (QED) is 0.901. The van der Waals surface area contributed by atoms with E-state index in [9.17, 15) is 9.50 Å². The van der Waals surface area contributed by atoms with Gasteiger partial charge in [0.05, 0.1) is 6.10 Å². The normalized spacial score (nSPS) is 12.4. The molecule has 1 aromatic carbocycles. The van der Waals surface area contributed by atoms with E-state index >= 15 is 0 Å². The van der Waals surface area contributed by atoms with Crippen molar-refractivity contribution in [3.8, 4) is 0 Å². The second-order valence-corrected chi connectivity index (χ2v) is 4.52. The minimum Gasteiger partial charge on any atom is -0.388 e. The number of halogens is 1. The van der Waals surface area contributed by atoms with Crippen LogP contribution >= 0.6 is 0 Å². The number of aliphatic hydroxyl groups is 1. The molecule has 0 aliphatic heterocycles. The molecular weight excluding hydrogens is 229 g/mol. The van der Waals surface area contributed by atoms with Gasteiger partial charge in [0, 0.05) is 18.3 Å². The van der Waals surface area contributed by atoms with Gasteiger partial charge in [-0.3, -0.25) is 4.98 Å². The molecule has 1 unspecified atom stereocenters. The van der Waals surface area contributed by atoms with Gasteiger partial charge in [0.2, 0.25) is 0 Å². The van der Waals surface area contributed by atoms with Crippen LogP contribution in [0.15, 0.2) is 36.5 Å². The van der Waals surface area contributed by atoms with Crippen LogP contribution in [-0.2, 0) is 6.42 Å². The van der Waals surface area contributed by atoms with E-state index in [4.69, 9.17) is 0 Å². The average molecular weight is 245 g/mol. The first-order chi connectivity index (χ1) is 8.56. The van der Waals surface area contributed by atoms with E-state index in [2.05, 4.69) is 4.98 Å². The Balaban J connectivity index is 2.18. The first-order valence-corrected chi connectivity index (χ1v) is 5.92. The highest BCUT2D eigenvalue weighted by Gasteiger charge is 2.11. The Morgan fingerprint density at radius 3 is 2.67 bits per heavy atom. The summed E-state index contributed by atoms with van der Waals surface area (Å²) in [6.07, 6.45) is 1.58. The summed E-state index contributed by atoms with van der Waals surface area (Å²) < 4.78 is 13.0. The number of rotatable bonds is 3. The monoisotopic (exact) mass is 245 g/mol. The van der Waals surface area contributed by atoms with Gasteiger partial charge in [-0.05, 0) is 54.8 Å². The Labute approximate surface area is 106 Å². The zero-order valence-electron chi connectivity index (χ0n) is 10.5. The minimum atomic E-state index is -0.587. The molecular formula is C15H16FNO. The van der Waals surface area contributed by atoms with Crippen molar-refractivity contribution in [2.45, 2.75) is 26.4 Å². The van der Waals surface area contributed by atoms with E-state index < -0.39 is 6.10 Å². The first-order valence-electron chi connectivity index (χ1n) is 5.92. The van der Waals surface area contributed by atoms with E-state index in [-0.39, 0.29) is 5.82 Å². The smallest absolute Gasteiger partial charge is 0.123 e. The van der Waals surface area contributed by atoms with Gasteiger partial charge in [0.1, 0.15) is 5.82 Å². The molecule has 1 aromatic heterocycles. The van der Waals surface area contributed by atoms with Crippen LogP contribution in [0.25, 0.3) is 0 Å². The number of hydrogen-bond acceptors (Lipinski definition) is 2. The maximum atomic E-state index is 13.0. The third kappa shape index (κ3) is 2.93. The van der Waals surface area contributed by atoms with Gasteiger partial charge in [0.15, 0.2) is 0 Å². The molecule has 0 amide bonds. The highest BCUT2D eigenvalue weighted by Crippen LogP contribution is 2.21. The topological polar surface area (TPSA) is 33.1 Å². The van der Waals surface area contributed by atoms with Gasteiger partial charge in [-0.2, -0.15) is 0 Å². The van der Waals surface area contributed by atoms with Gasteiger partial charge in [-0.15, -0.1) is 0 Å². The first kappa shape index (κ1) is 12.7. The summed E-state index contributed by atoms with van der Waals surface area (Å²) in [5.41, 5.74) is 3.53. The van der Waals surface area contributed by atoms with Crippen molar-refractivity contribution in [3.63, 3.8) is 0 Å². The molecule has 2 aromatic rings. The van der Waals surface area contributed by atoms with E-state index in [0.717, 1.165) is 22.4 Å². The van der Waals surface area contributed by atoms with E-state index in [0.29, 0.717) is 6.42 Å². The third-order valence-electron chi connectivity index (χ3n) is 3.02. The summed E-state index contributed by atoms with van der Waals surface area (Å²) in [6.45, 7) is 3.74. The Bertz CT molecular complexity index is 554. The van der Waals surface area contributed by atoms with E-state index in [1.165, 1.54) is 12.1 Å². The number of pyridine rings is 1. The van der Waals surface area contributed by atoms with Crippen LogP contribution < -0.4 is 0 Å². The standard InChI is InChI=1S/C15H16FNO/c1-10-7-14(16)4-3-12(10)9-15(18)13-5-6-17-11(2)8-13/h3-8,15,18H,9H2,1-2H3. The van der Waals surface area contributed by atoms with Crippen molar-refractivity contribution in [2.75, 3.05) is 0 Å². The van der Waals surface area contributed by atoms with Crippen LogP contribution in [0.2, 0.25) is 0 Å². The highest BCUT2D eigenvalue weighted by atomic mass is 19.1. The molecule has 0 radical (unpaired) electrons. The molecule has 0 saturated carbocycles. The number of aromatic nitrogens is 1. The number of hydrogen-bond donors (Lipinski definition) is 1. The van der Waals surface area contributed by atoms with Gasteiger partial charge < -0.3 is 5.11 Å². The van der Waals surface area contributed by atoms with Crippen LogP contribution in [0.5, 0.6) is 0 Å². The summed E-state index contributed by atoms with van der Waals surface area (Å²) >= 11 is 0. The number of aryl methyl sites for hydroxylation is 2. The molecule has 1 heterocycles. The Morgan fingerprint density at radius 1 is 1.22 bits per heavy atom. The third-order valence-corrected chi connectivity index (χ3v) is 3.02. The molecule has 2 rings (SSSR count). The largest absolute Gasteiger partial charge is 0.388 e.